The average molecular weight is 321 g/mol. The Kier molecular flexibility index (Phi) is 14.7. The molecule has 0 heterocycles. The molecule has 1 aliphatic rings. The number of hydrogen-bond donors (Lipinski definition) is 2. The highest BCUT2D eigenvalue weighted by Crippen LogP contribution is 2.22. The molecule has 0 aromatic rings. The molecule has 0 radical (unpaired) electrons. The normalized spacial score (nSPS) is 14.0. The van der Waals surface area contributed by atoms with Gasteiger partial charge in [-0.25, -0.2) is 0 Å². The first-order chi connectivity index (χ1) is 11.1. The van der Waals surface area contributed by atoms with E-state index in [1.165, 1.54) is 13.0 Å². The summed E-state index contributed by atoms with van der Waals surface area (Å²) in [6.07, 6.45) is 9.98. The van der Waals surface area contributed by atoms with Crippen molar-refractivity contribution in [3.05, 3.63) is 59.9 Å². The lowest BCUT2D eigenvalue weighted by Gasteiger charge is -2.15. The van der Waals surface area contributed by atoms with Crippen LogP contribution in [0.1, 0.15) is 54.4 Å². The summed E-state index contributed by atoms with van der Waals surface area (Å²) in [5.74, 6) is 0.818. The minimum Gasteiger partial charge on any atom is -0.508 e. The molecule has 23 heavy (non-hydrogen) atoms. The summed E-state index contributed by atoms with van der Waals surface area (Å²) >= 11 is 0. The first kappa shape index (κ1) is 23.0. The quantitative estimate of drug-likeness (QED) is 0.534. The van der Waals surface area contributed by atoms with Crippen molar-refractivity contribution in [1.29, 1.82) is 0 Å². The second-order valence-electron chi connectivity index (χ2n) is 4.02. The fraction of sp³-hybridized carbons (Fsp3) is 0.421. The molecule has 0 bridgehead atoms. The van der Waals surface area contributed by atoms with E-state index >= 15 is 0 Å². The van der Waals surface area contributed by atoms with Gasteiger partial charge in [0, 0.05) is 13.3 Å². The molecule has 1 amide bonds. The molecular weight excluding hydrogens is 290 g/mol. The van der Waals surface area contributed by atoms with Crippen molar-refractivity contribution in [1.82, 2.24) is 5.32 Å². The lowest BCUT2D eigenvalue weighted by molar-refractivity contribution is -0.118. The maximum atomic E-state index is 11.1. The zero-order valence-corrected chi connectivity index (χ0v) is 15.3. The minimum atomic E-state index is -0.210. The Labute approximate surface area is 140 Å². The molecule has 0 fully saturated rings. The second kappa shape index (κ2) is 14.7. The molecule has 0 unspecified atom stereocenters. The number of aliphatic hydroxyl groups is 1. The Morgan fingerprint density at radius 3 is 2.39 bits per heavy atom. The van der Waals surface area contributed by atoms with Crippen molar-refractivity contribution in [3.8, 4) is 0 Å². The Hall–Kier alpha value is -2.23. The molecule has 130 valence electrons. The minimum absolute atomic E-state index is 0.204. The Balaban J connectivity index is 0. The molecule has 0 aromatic heterocycles. The van der Waals surface area contributed by atoms with Crippen molar-refractivity contribution in [2.75, 3.05) is 0 Å². The van der Waals surface area contributed by atoms with Crippen molar-refractivity contribution in [2.45, 2.75) is 54.4 Å². The molecule has 4 nitrogen and oxygen atoms in total. The Bertz CT molecular complexity index is 483. The number of allylic oxidation sites excluding steroid dienone is 6. The third kappa shape index (κ3) is 9.40. The molecule has 0 atom stereocenters. The summed E-state index contributed by atoms with van der Waals surface area (Å²) in [7, 11) is 0. The predicted octanol–water partition coefficient (Wildman–Crippen LogP) is 5.28. The van der Waals surface area contributed by atoms with Crippen LogP contribution < -0.4 is 5.32 Å². The molecule has 0 aromatic carbocycles. The number of ether oxygens (including phenoxy) is 1. The van der Waals surface area contributed by atoms with Crippen LogP contribution in [0.2, 0.25) is 0 Å². The van der Waals surface area contributed by atoms with Gasteiger partial charge in [0.2, 0.25) is 5.91 Å². The summed E-state index contributed by atoms with van der Waals surface area (Å²) in [6, 6.07) is 0. The van der Waals surface area contributed by atoms with E-state index in [9.17, 15) is 9.90 Å². The number of amides is 1. The van der Waals surface area contributed by atoms with Crippen molar-refractivity contribution in [2.24, 2.45) is 0 Å². The van der Waals surface area contributed by atoms with E-state index in [0.717, 1.165) is 6.42 Å². The summed E-state index contributed by atoms with van der Waals surface area (Å²) in [4.78, 5) is 11.1. The fourth-order valence-corrected chi connectivity index (χ4v) is 1.57. The molecule has 4 heteroatoms. The summed E-state index contributed by atoms with van der Waals surface area (Å²) < 4.78 is 5.65. The number of rotatable bonds is 5. The van der Waals surface area contributed by atoms with Gasteiger partial charge in [-0.3, -0.25) is 4.79 Å². The molecule has 1 rings (SSSR count). The zero-order valence-electron chi connectivity index (χ0n) is 15.3. The van der Waals surface area contributed by atoms with Crippen LogP contribution in [-0.2, 0) is 9.53 Å². The molecule has 2 N–H and O–H groups in total. The van der Waals surface area contributed by atoms with Crippen LogP contribution in [-0.4, -0.2) is 11.0 Å². The predicted molar refractivity (Wildman–Crippen MR) is 97.7 cm³/mol. The van der Waals surface area contributed by atoms with Gasteiger partial charge in [-0.15, -0.1) is 0 Å². The van der Waals surface area contributed by atoms with Gasteiger partial charge < -0.3 is 15.2 Å². The van der Waals surface area contributed by atoms with E-state index in [1.807, 2.05) is 40.7 Å². The number of carbonyl (C=O) groups excluding carboxylic acids is 1. The fourth-order valence-electron chi connectivity index (χ4n) is 1.57. The van der Waals surface area contributed by atoms with E-state index in [4.69, 9.17) is 4.74 Å². The molecule has 1 aliphatic carbocycles. The summed E-state index contributed by atoms with van der Waals surface area (Å²) in [5.41, 5.74) is 0.463. The molecule has 0 saturated carbocycles. The summed E-state index contributed by atoms with van der Waals surface area (Å²) in [5, 5.41) is 12.4. The SMILES string of the molecule is C=C/C(NC(C)=O)=C(\C=C/C)OC1=C(O)CCC=C1.CC.CC. The van der Waals surface area contributed by atoms with Gasteiger partial charge in [0.15, 0.2) is 11.5 Å². The maximum absolute atomic E-state index is 11.1. The smallest absolute Gasteiger partial charge is 0.221 e. The Morgan fingerprint density at radius 2 is 1.96 bits per heavy atom. The highest BCUT2D eigenvalue weighted by atomic mass is 16.5. The van der Waals surface area contributed by atoms with Gasteiger partial charge in [0.05, 0.1) is 5.70 Å². The van der Waals surface area contributed by atoms with Gasteiger partial charge in [0.1, 0.15) is 5.76 Å². The molecular formula is C19H31NO3. The highest BCUT2D eigenvalue weighted by Gasteiger charge is 2.12. The van der Waals surface area contributed by atoms with Gasteiger partial charge in [0.25, 0.3) is 0 Å². The Morgan fingerprint density at radius 1 is 1.35 bits per heavy atom. The number of aliphatic hydroxyl groups excluding tert-OH is 1. The van der Waals surface area contributed by atoms with Crippen LogP contribution in [0.25, 0.3) is 0 Å². The average Bonchev–Trinajstić information content (AvgIpc) is 2.57. The summed E-state index contributed by atoms with van der Waals surface area (Å²) in [6.45, 7) is 14.9. The van der Waals surface area contributed by atoms with Crippen molar-refractivity contribution >= 4 is 5.91 Å². The van der Waals surface area contributed by atoms with Crippen LogP contribution >= 0.6 is 0 Å². The largest absolute Gasteiger partial charge is 0.508 e. The van der Waals surface area contributed by atoms with E-state index in [2.05, 4.69) is 11.9 Å². The van der Waals surface area contributed by atoms with Gasteiger partial charge in [-0.05, 0) is 31.6 Å². The number of nitrogens with one attached hydrogen (secondary N) is 1. The first-order valence-corrected chi connectivity index (χ1v) is 8.12. The van der Waals surface area contributed by atoms with Crippen LogP contribution in [0.3, 0.4) is 0 Å². The van der Waals surface area contributed by atoms with E-state index in [1.54, 1.807) is 18.2 Å². The van der Waals surface area contributed by atoms with Crippen LogP contribution in [0, 0.1) is 0 Å². The zero-order chi connectivity index (χ0) is 18.3. The lowest BCUT2D eigenvalue weighted by Crippen LogP contribution is -2.20. The third-order valence-corrected chi connectivity index (χ3v) is 2.42. The van der Waals surface area contributed by atoms with Crippen molar-refractivity contribution in [3.63, 3.8) is 0 Å². The maximum Gasteiger partial charge on any atom is 0.221 e. The number of carbonyl (C=O) groups is 1. The van der Waals surface area contributed by atoms with Crippen LogP contribution in [0.5, 0.6) is 0 Å². The third-order valence-electron chi connectivity index (χ3n) is 2.42. The molecule has 0 spiro atoms. The van der Waals surface area contributed by atoms with Gasteiger partial charge in [-0.2, -0.15) is 0 Å². The topological polar surface area (TPSA) is 58.6 Å². The lowest BCUT2D eigenvalue weighted by atomic mass is 10.1. The number of hydrogen-bond acceptors (Lipinski definition) is 3. The molecule has 0 aliphatic heterocycles. The highest BCUT2D eigenvalue weighted by molar-refractivity contribution is 5.75. The van der Waals surface area contributed by atoms with Crippen LogP contribution in [0.4, 0.5) is 0 Å². The standard InChI is InChI=1S/C15H19NO3.2C2H6/c1-4-8-14(12(5-2)16-11(3)17)19-15-10-7-6-9-13(15)18;2*1-2/h4-5,7-8,10,18H,2,6,9H2,1,3H3,(H,16,17);2*1-2H3/b8-4-,14-12-;;. The van der Waals surface area contributed by atoms with E-state index in [-0.39, 0.29) is 11.7 Å². The van der Waals surface area contributed by atoms with Gasteiger partial charge in [-0.1, -0.05) is 46.4 Å². The van der Waals surface area contributed by atoms with E-state index in [0.29, 0.717) is 23.6 Å². The van der Waals surface area contributed by atoms with Gasteiger partial charge >= 0.3 is 0 Å². The monoisotopic (exact) mass is 321 g/mol. The first-order valence-electron chi connectivity index (χ1n) is 8.12. The van der Waals surface area contributed by atoms with E-state index < -0.39 is 0 Å². The van der Waals surface area contributed by atoms with Crippen molar-refractivity contribution < 1.29 is 14.6 Å². The second-order valence-corrected chi connectivity index (χ2v) is 4.02. The van der Waals surface area contributed by atoms with Crippen LogP contribution in [0.15, 0.2) is 59.9 Å². The molecule has 0 saturated heterocycles.